The molecule has 114 valence electrons. The fourth-order valence-electron chi connectivity index (χ4n) is 3.30. The minimum atomic E-state index is -0.338. The van der Waals surface area contributed by atoms with Gasteiger partial charge in [0.25, 0.3) is 0 Å². The van der Waals surface area contributed by atoms with Crippen molar-refractivity contribution in [3.8, 4) is 0 Å². The Hall–Kier alpha value is -0.650. The monoisotopic (exact) mass is 368 g/mol. The van der Waals surface area contributed by atoms with Crippen molar-refractivity contribution in [2.45, 2.75) is 51.0 Å². The van der Waals surface area contributed by atoms with E-state index in [0.717, 1.165) is 28.7 Å². The minimum Gasteiger partial charge on any atom is -0.392 e. The minimum absolute atomic E-state index is 0.270. The van der Waals surface area contributed by atoms with Gasteiger partial charge in [-0.2, -0.15) is 5.10 Å². The molecule has 3 rings (SSSR count). The molecule has 1 N–H and O–H groups in total. The van der Waals surface area contributed by atoms with Crippen molar-refractivity contribution in [2.75, 3.05) is 0 Å². The molecule has 3 nitrogen and oxygen atoms in total. The number of halogens is 1. The standard InChI is InChI=1S/C16H21BrN2OS/c1-3-12-16(17)13(19(2)18-12)9-14(20)10-5-4-6-15-11(10)7-8-21-15/h7-8,10,14,20H,3-6,9H2,1-2H3. The molecule has 0 aromatic carbocycles. The molecule has 0 aliphatic heterocycles. The summed E-state index contributed by atoms with van der Waals surface area (Å²) in [5, 5.41) is 17.4. The summed E-state index contributed by atoms with van der Waals surface area (Å²) >= 11 is 5.48. The summed E-state index contributed by atoms with van der Waals surface area (Å²) in [6, 6.07) is 2.20. The van der Waals surface area contributed by atoms with Crippen molar-refractivity contribution >= 4 is 27.3 Å². The molecule has 0 bridgehead atoms. The Balaban J connectivity index is 1.82. The Morgan fingerprint density at radius 3 is 3.10 bits per heavy atom. The van der Waals surface area contributed by atoms with Gasteiger partial charge in [0.15, 0.2) is 0 Å². The molecule has 0 spiro atoms. The zero-order chi connectivity index (χ0) is 15.0. The third kappa shape index (κ3) is 2.83. The number of thiophene rings is 1. The molecule has 2 heterocycles. The van der Waals surface area contributed by atoms with Gasteiger partial charge in [0.05, 0.1) is 22.0 Å². The van der Waals surface area contributed by atoms with Gasteiger partial charge in [-0.15, -0.1) is 11.3 Å². The van der Waals surface area contributed by atoms with Gasteiger partial charge in [-0.25, -0.2) is 0 Å². The van der Waals surface area contributed by atoms with Crippen LogP contribution in [-0.4, -0.2) is 21.0 Å². The third-order valence-corrected chi connectivity index (χ3v) is 6.38. The van der Waals surface area contributed by atoms with Gasteiger partial charge in [-0.3, -0.25) is 4.68 Å². The molecule has 0 radical (unpaired) electrons. The van der Waals surface area contributed by atoms with Crippen LogP contribution in [-0.2, 0) is 26.3 Å². The normalized spacial score (nSPS) is 19.5. The molecule has 1 aliphatic rings. The summed E-state index contributed by atoms with van der Waals surface area (Å²) in [6.45, 7) is 2.10. The van der Waals surface area contributed by atoms with E-state index < -0.39 is 0 Å². The second-order valence-electron chi connectivity index (χ2n) is 5.75. The zero-order valence-electron chi connectivity index (χ0n) is 12.5. The van der Waals surface area contributed by atoms with Gasteiger partial charge in [-0.1, -0.05) is 6.92 Å². The van der Waals surface area contributed by atoms with Crippen LogP contribution in [0.15, 0.2) is 15.9 Å². The average molecular weight is 369 g/mol. The molecule has 21 heavy (non-hydrogen) atoms. The van der Waals surface area contributed by atoms with E-state index in [1.54, 1.807) is 0 Å². The van der Waals surface area contributed by atoms with Crippen LogP contribution in [0.1, 0.15) is 47.5 Å². The first-order valence-electron chi connectivity index (χ1n) is 7.56. The van der Waals surface area contributed by atoms with Crippen molar-refractivity contribution in [1.82, 2.24) is 9.78 Å². The van der Waals surface area contributed by atoms with Crippen LogP contribution in [0.25, 0.3) is 0 Å². The summed E-state index contributed by atoms with van der Waals surface area (Å²) in [5.74, 6) is 0.270. The molecule has 0 saturated carbocycles. The summed E-state index contributed by atoms with van der Waals surface area (Å²) in [4.78, 5) is 1.46. The Labute approximate surface area is 138 Å². The van der Waals surface area contributed by atoms with Gasteiger partial charge < -0.3 is 5.11 Å². The van der Waals surface area contributed by atoms with Gasteiger partial charge >= 0.3 is 0 Å². The summed E-state index contributed by atoms with van der Waals surface area (Å²) in [6.07, 6.45) is 4.66. The van der Waals surface area contributed by atoms with Crippen LogP contribution in [0.2, 0.25) is 0 Å². The van der Waals surface area contributed by atoms with Gasteiger partial charge in [0.1, 0.15) is 0 Å². The predicted octanol–water partition coefficient (Wildman–Crippen LogP) is 3.83. The number of aliphatic hydroxyl groups is 1. The smallest absolute Gasteiger partial charge is 0.0766 e. The Bertz CT molecular complexity index is 634. The Morgan fingerprint density at radius 1 is 1.57 bits per heavy atom. The van der Waals surface area contributed by atoms with Crippen molar-refractivity contribution in [3.63, 3.8) is 0 Å². The zero-order valence-corrected chi connectivity index (χ0v) is 14.9. The molecule has 2 unspecified atom stereocenters. The highest BCUT2D eigenvalue weighted by Gasteiger charge is 2.29. The number of hydrogen-bond donors (Lipinski definition) is 1. The maximum absolute atomic E-state index is 10.8. The largest absolute Gasteiger partial charge is 0.392 e. The van der Waals surface area contributed by atoms with Crippen molar-refractivity contribution < 1.29 is 5.11 Å². The van der Waals surface area contributed by atoms with Crippen LogP contribution in [0.3, 0.4) is 0 Å². The van der Waals surface area contributed by atoms with E-state index in [4.69, 9.17) is 0 Å². The van der Waals surface area contributed by atoms with E-state index in [1.165, 1.54) is 23.3 Å². The second-order valence-corrected chi connectivity index (χ2v) is 7.55. The van der Waals surface area contributed by atoms with Crippen LogP contribution < -0.4 is 0 Å². The first kappa shape index (κ1) is 15.3. The maximum atomic E-state index is 10.8. The topological polar surface area (TPSA) is 38.0 Å². The summed E-state index contributed by atoms with van der Waals surface area (Å²) in [7, 11) is 1.96. The Morgan fingerprint density at radius 2 is 2.38 bits per heavy atom. The van der Waals surface area contributed by atoms with E-state index in [0.29, 0.717) is 6.42 Å². The molecule has 0 saturated heterocycles. The highest BCUT2D eigenvalue weighted by atomic mass is 79.9. The van der Waals surface area contributed by atoms with E-state index in [2.05, 4.69) is 39.4 Å². The van der Waals surface area contributed by atoms with Crippen LogP contribution in [0, 0.1) is 0 Å². The molecule has 0 amide bonds. The van der Waals surface area contributed by atoms with E-state index in [-0.39, 0.29) is 12.0 Å². The van der Waals surface area contributed by atoms with Crippen molar-refractivity contribution in [1.29, 1.82) is 0 Å². The van der Waals surface area contributed by atoms with Gasteiger partial charge in [0.2, 0.25) is 0 Å². The molecular weight excluding hydrogens is 348 g/mol. The predicted molar refractivity (Wildman–Crippen MR) is 90.0 cm³/mol. The molecule has 5 heteroatoms. The Kier molecular flexibility index (Phi) is 4.52. The molecule has 2 aromatic rings. The number of rotatable bonds is 4. The van der Waals surface area contributed by atoms with Crippen molar-refractivity contribution in [3.05, 3.63) is 37.7 Å². The summed E-state index contributed by atoms with van der Waals surface area (Å²) in [5.41, 5.74) is 3.54. The number of aromatic nitrogens is 2. The highest BCUT2D eigenvalue weighted by molar-refractivity contribution is 9.10. The fraction of sp³-hybridized carbons (Fsp3) is 0.562. The number of aryl methyl sites for hydroxylation is 3. The second kappa shape index (κ2) is 6.23. The maximum Gasteiger partial charge on any atom is 0.0766 e. The lowest BCUT2D eigenvalue weighted by Gasteiger charge is -2.27. The van der Waals surface area contributed by atoms with Crippen LogP contribution in [0.4, 0.5) is 0 Å². The van der Waals surface area contributed by atoms with E-state index in [1.807, 2.05) is 23.1 Å². The fourth-order valence-corrected chi connectivity index (χ4v) is 5.08. The average Bonchev–Trinajstić information content (AvgIpc) is 3.06. The molecule has 2 aromatic heterocycles. The van der Waals surface area contributed by atoms with Gasteiger partial charge in [0, 0.05) is 24.3 Å². The summed E-state index contributed by atoms with van der Waals surface area (Å²) < 4.78 is 2.97. The first-order chi connectivity index (χ1) is 10.1. The van der Waals surface area contributed by atoms with Crippen molar-refractivity contribution in [2.24, 2.45) is 7.05 Å². The molecule has 0 fully saturated rings. The quantitative estimate of drug-likeness (QED) is 0.890. The third-order valence-electron chi connectivity index (χ3n) is 4.47. The number of hydrogen-bond acceptors (Lipinski definition) is 3. The SMILES string of the molecule is CCc1nn(C)c(CC(O)C2CCCc3sccc32)c1Br. The number of aliphatic hydroxyl groups excluding tert-OH is 1. The van der Waals surface area contributed by atoms with Gasteiger partial charge in [-0.05, 0) is 58.6 Å². The number of fused-ring (bicyclic) bond motifs is 1. The number of nitrogens with zero attached hydrogens (tertiary/aromatic N) is 2. The first-order valence-corrected chi connectivity index (χ1v) is 9.23. The highest BCUT2D eigenvalue weighted by Crippen LogP contribution is 2.38. The lowest BCUT2D eigenvalue weighted by molar-refractivity contribution is 0.132. The van der Waals surface area contributed by atoms with E-state index in [9.17, 15) is 5.11 Å². The lowest BCUT2D eigenvalue weighted by Crippen LogP contribution is -2.25. The van der Waals surface area contributed by atoms with Crippen LogP contribution in [0.5, 0.6) is 0 Å². The lowest BCUT2D eigenvalue weighted by atomic mass is 9.82. The molecule has 2 atom stereocenters. The van der Waals surface area contributed by atoms with Crippen LogP contribution >= 0.6 is 27.3 Å². The van der Waals surface area contributed by atoms with E-state index >= 15 is 0 Å². The molecular formula is C16H21BrN2OS. The molecule has 1 aliphatic carbocycles.